The molecule has 8 atom stereocenters. The van der Waals surface area contributed by atoms with Crippen LogP contribution in [0.15, 0.2) is 0 Å². The van der Waals surface area contributed by atoms with Crippen molar-refractivity contribution in [2.24, 2.45) is 23.5 Å². The highest BCUT2D eigenvalue weighted by Gasteiger charge is 2.35. The average molecular weight is 459 g/mol. The molecule has 3 amide bonds. The SMILES string of the molecule is CCC(C)C(N)C(=O)NC(C(=O)NC(C(=O)NC(C(=O)O)C(C)CC)C(C)O)C(C)CC. The maximum Gasteiger partial charge on any atom is 0.326 e. The summed E-state index contributed by atoms with van der Waals surface area (Å²) in [5.74, 6) is -3.84. The van der Waals surface area contributed by atoms with Crippen LogP contribution in [0.4, 0.5) is 0 Å². The molecule has 0 aromatic rings. The zero-order chi connectivity index (χ0) is 25.2. The maximum atomic E-state index is 13.0. The molecule has 0 aliphatic rings. The number of hydrogen-bond acceptors (Lipinski definition) is 6. The largest absolute Gasteiger partial charge is 0.480 e. The molecule has 32 heavy (non-hydrogen) atoms. The molecule has 0 radical (unpaired) electrons. The van der Waals surface area contributed by atoms with Crippen molar-refractivity contribution >= 4 is 23.7 Å². The predicted octanol–water partition coefficient (Wildman–Crippen LogP) is 0.372. The van der Waals surface area contributed by atoms with Gasteiger partial charge in [0.15, 0.2) is 0 Å². The van der Waals surface area contributed by atoms with Crippen molar-refractivity contribution < 1.29 is 29.4 Å². The summed E-state index contributed by atoms with van der Waals surface area (Å²) in [5, 5.41) is 27.0. The normalized spacial score (nSPS) is 18.8. The number of hydrogen-bond donors (Lipinski definition) is 6. The van der Waals surface area contributed by atoms with Gasteiger partial charge in [0.2, 0.25) is 17.7 Å². The molecule has 0 aliphatic carbocycles. The van der Waals surface area contributed by atoms with E-state index in [1.165, 1.54) is 6.92 Å². The number of carbonyl (C=O) groups is 4. The monoisotopic (exact) mass is 458 g/mol. The molecule has 10 heteroatoms. The number of aliphatic hydroxyl groups is 1. The Morgan fingerprint density at radius 3 is 1.47 bits per heavy atom. The summed E-state index contributed by atoms with van der Waals surface area (Å²) in [6, 6.07) is -4.31. The van der Waals surface area contributed by atoms with Gasteiger partial charge < -0.3 is 31.9 Å². The van der Waals surface area contributed by atoms with Crippen molar-refractivity contribution in [3.8, 4) is 0 Å². The van der Waals surface area contributed by atoms with Crippen LogP contribution in [0.2, 0.25) is 0 Å². The first kappa shape index (κ1) is 29.8. The molecule has 7 N–H and O–H groups in total. The molecular weight excluding hydrogens is 416 g/mol. The lowest BCUT2D eigenvalue weighted by atomic mass is 9.95. The molecule has 0 aromatic heterocycles. The van der Waals surface area contributed by atoms with Crippen LogP contribution in [-0.2, 0) is 19.2 Å². The summed E-state index contributed by atoms with van der Waals surface area (Å²) in [6.45, 7) is 12.2. The minimum absolute atomic E-state index is 0.0832. The fourth-order valence-corrected chi connectivity index (χ4v) is 3.04. The smallest absolute Gasteiger partial charge is 0.326 e. The van der Waals surface area contributed by atoms with Gasteiger partial charge in [0.25, 0.3) is 0 Å². The van der Waals surface area contributed by atoms with E-state index in [-0.39, 0.29) is 17.8 Å². The van der Waals surface area contributed by atoms with Crippen molar-refractivity contribution in [1.82, 2.24) is 16.0 Å². The maximum absolute atomic E-state index is 13.0. The van der Waals surface area contributed by atoms with Crippen LogP contribution in [0.5, 0.6) is 0 Å². The van der Waals surface area contributed by atoms with Crippen molar-refractivity contribution in [2.75, 3.05) is 0 Å². The third-order valence-electron chi connectivity index (χ3n) is 6.19. The topological polar surface area (TPSA) is 171 Å². The Labute approximate surface area is 191 Å². The van der Waals surface area contributed by atoms with Gasteiger partial charge in [0, 0.05) is 0 Å². The Hall–Kier alpha value is -2.20. The van der Waals surface area contributed by atoms with E-state index < -0.39 is 54.0 Å². The number of carboxylic acids is 1. The van der Waals surface area contributed by atoms with E-state index >= 15 is 0 Å². The molecule has 0 rings (SSSR count). The van der Waals surface area contributed by atoms with Crippen LogP contribution in [0.1, 0.15) is 67.7 Å². The lowest BCUT2D eigenvalue weighted by Gasteiger charge is -2.30. The van der Waals surface area contributed by atoms with Gasteiger partial charge in [-0.05, 0) is 24.7 Å². The zero-order valence-corrected chi connectivity index (χ0v) is 20.3. The van der Waals surface area contributed by atoms with E-state index in [9.17, 15) is 29.4 Å². The lowest BCUT2D eigenvalue weighted by molar-refractivity contribution is -0.144. The first-order valence-electron chi connectivity index (χ1n) is 11.4. The van der Waals surface area contributed by atoms with E-state index in [0.717, 1.165) is 0 Å². The molecule has 10 nitrogen and oxygen atoms in total. The molecule has 0 bridgehead atoms. The van der Waals surface area contributed by atoms with E-state index in [1.54, 1.807) is 20.8 Å². The zero-order valence-electron chi connectivity index (χ0n) is 20.3. The van der Waals surface area contributed by atoms with Gasteiger partial charge >= 0.3 is 5.97 Å². The van der Waals surface area contributed by atoms with Crippen LogP contribution in [0.25, 0.3) is 0 Å². The number of amides is 3. The van der Waals surface area contributed by atoms with Gasteiger partial charge in [0.05, 0.1) is 12.1 Å². The minimum Gasteiger partial charge on any atom is -0.480 e. The van der Waals surface area contributed by atoms with E-state index in [2.05, 4.69) is 16.0 Å². The Bertz CT molecular complexity index is 642. The third-order valence-corrected chi connectivity index (χ3v) is 6.19. The van der Waals surface area contributed by atoms with Crippen molar-refractivity contribution in [3.63, 3.8) is 0 Å². The molecule has 0 saturated heterocycles. The molecule has 0 heterocycles. The summed E-state index contributed by atoms with van der Waals surface area (Å²) in [6.07, 6.45) is 0.486. The molecule has 0 fully saturated rings. The summed E-state index contributed by atoms with van der Waals surface area (Å²) in [5.41, 5.74) is 5.98. The first-order chi connectivity index (χ1) is 14.8. The Morgan fingerprint density at radius 2 is 1.06 bits per heavy atom. The fraction of sp³-hybridized carbons (Fsp3) is 0.818. The van der Waals surface area contributed by atoms with Crippen molar-refractivity contribution in [1.29, 1.82) is 0 Å². The van der Waals surface area contributed by atoms with Crippen LogP contribution < -0.4 is 21.7 Å². The second-order valence-electron chi connectivity index (χ2n) is 8.72. The highest BCUT2D eigenvalue weighted by Crippen LogP contribution is 2.12. The molecule has 186 valence electrons. The average Bonchev–Trinajstić information content (AvgIpc) is 2.75. The quantitative estimate of drug-likeness (QED) is 0.218. The second-order valence-corrected chi connectivity index (χ2v) is 8.72. The number of nitrogens with two attached hydrogens (primary N) is 1. The second kappa shape index (κ2) is 14.1. The highest BCUT2D eigenvalue weighted by atomic mass is 16.4. The van der Waals surface area contributed by atoms with Crippen LogP contribution in [-0.4, -0.2) is 64.2 Å². The van der Waals surface area contributed by atoms with E-state index in [1.807, 2.05) is 20.8 Å². The molecule has 0 aromatic carbocycles. The van der Waals surface area contributed by atoms with Crippen LogP contribution >= 0.6 is 0 Å². The molecular formula is C22H42N4O6. The number of nitrogens with one attached hydrogen (secondary N) is 3. The molecule has 0 spiro atoms. The summed E-state index contributed by atoms with van der Waals surface area (Å²) in [7, 11) is 0. The van der Waals surface area contributed by atoms with Crippen molar-refractivity contribution in [2.45, 2.75) is 98.0 Å². The van der Waals surface area contributed by atoms with Gasteiger partial charge in [-0.1, -0.05) is 60.8 Å². The van der Waals surface area contributed by atoms with E-state index in [0.29, 0.717) is 19.3 Å². The van der Waals surface area contributed by atoms with Crippen molar-refractivity contribution in [3.05, 3.63) is 0 Å². The van der Waals surface area contributed by atoms with Gasteiger partial charge in [-0.15, -0.1) is 0 Å². The molecule has 0 saturated carbocycles. The van der Waals surface area contributed by atoms with Gasteiger partial charge in [0.1, 0.15) is 18.1 Å². The molecule has 0 aliphatic heterocycles. The summed E-state index contributed by atoms with van der Waals surface area (Å²) < 4.78 is 0. The number of aliphatic carboxylic acids is 1. The van der Waals surface area contributed by atoms with Gasteiger partial charge in [-0.3, -0.25) is 14.4 Å². The predicted molar refractivity (Wildman–Crippen MR) is 121 cm³/mol. The molecule has 8 unspecified atom stereocenters. The number of carbonyl (C=O) groups excluding carboxylic acids is 3. The Kier molecular flexibility index (Phi) is 13.1. The number of carboxylic acid groups (broad SMARTS) is 1. The lowest BCUT2D eigenvalue weighted by Crippen LogP contribution is -2.61. The highest BCUT2D eigenvalue weighted by molar-refractivity contribution is 5.94. The fourth-order valence-electron chi connectivity index (χ4n) is 3.04. The van der Waals surface area contributed by atoms with Gasteiger partial charge in [-0.2, -0.15) is 0 Å². The standard InChI is InChI=1S/C22H42N4O6/c1-8-11(4)15(23)19(28)24-16(12(5)9-2)20(29)26-18(14(7)27)21(30)25-17(22(31)32)13(6)10-3/h11-18,27H,8-10,23H2,1-7H3,(H,24,28)(H,25,30)(H,26,29)(H,31,32). The van der Waals surface area contributed by atoms with E-state index in [4.69, 9.17) is 5.73 Å². The number of aliphatic hydroxyl groups excluding tert-OH is 1. The minimum atomic E-state index is -1.39. The summed E-state index contributed by atoms with van der Waals surface area (Å²) in [4.78, 5) is 49.8. The van der Waals surface area contributed by atoms with Crippen LogP contribution in [0.3, 0.4) is 0 Å². The summed E-state index contributed by atoms with van der Waals surface area (Å²) >= 11 is 0. The Balaban J connectivity index is 5.56. The van der Waals surface area contributed by atoms with Crippen LogP contribution in [0, 0.1) is 17.8 Å². The number of rotatable bonds is 14. The first-order valence-corrected chi connectivity index (χ1v) is 11.4. The third kappa shape index (κ3) is 8.74. The van der Waals surface area contributed by atoms with Gasteiger partial charge in [-0.25, -0.2) is 4.79 Å². The Morgan fingerprint density at radius 1 is 0.688 bits per heavy atom.